The molecule has 0 saturated carbocycles. The van der Waals surface area contributed by atoms with Crippen molar-refractivity contribution in [2.45, 2.75) is 32.6 Å². The number of hydrogen-bond donors (Lipinski definition) is 1. The highest BCUT2D eigenvalue weighted by Gasteiger charge is 2.24. The highest BCUT2D eigenvalue weighted by molar-refractivity contribution is 5.61. The molecule has 1 aliphatic rings. The second kappa shape index (κ2) is 5.86. The molecule has 0 amide bonds. The lowest BCUT2D eigenvalue weighted by Gasteiger charge is -2.21. The summed E-state index contributed by atoms with van der Waals surface area (Å²) >= 11 is 0. The number of rotatable bonds is 3. The van der Waals surface area contributed by atoms with Gasteiger partial charge in [0.15, 0.2) is 0 Å². The third-order valence-corrected chi connectivity index (χ3v) is 3.80. The molecule has 1 fully saturated rings. The van der Waals surface area contributed by atoms with Crippen LogP contribution in [0, 0.1) is 16.0 Å². The quantitative estimate of drug-likeness (QED) is 0.670. The fourth-order valence-corrected chi connectivity index (χ4v) is 2.62. The first kappa shape index (κ1) is 13.6. The van der Waals surface area contributed by atoms with Crippen LogP contribution in [0.15, 0.2) is 12.1 Å². The Kier molecular flexibility index (Phi) is 4.19. The molecule has 19 heavy (non-hydrogen) atoms. The number of hydrogen-bond acceptors (Lipinski definition) is 5. The Labute approximate surface area is 112 Å². The van der Waals surface area contributed by atoms with E-state index in [2.05, 4.69) is 11.9 Å². The van der Waals surface area contributed by atoms with Crippen LogP contribution in [0.5, 0.6) is 0 Å². The maximum absolute atomic E-state index is 11.1. The number of nitrogen functional groups attached to an aromatic ring is 1. The molecule has 6 heteroatoms. The predicted octanol–water partition coefficient (Wildman–Crippen LogP) is 2.59. The molecule has 0 aromatic carbocycles. The molecule has 1 aromatic rings. The number of nitrogens with two attached hydrogens (primary N) is 1. The van der Waals surface area contributed by atoms with Crippen molar-refractivity contribution in [1.82, 2.24) is 4.98 Å². The topological polar surface area (TPSA) is 85.3 Å². The monoisotopic (exact) mass is 264 g/mol. The summed E-state index contributed by atoms with van der Waals surface area (Å²) < 4.78 is 0. The van der Waals surface area contributed by atoms with Crippen LogP contribution in [0.2, 0.25) is 0 Å². The second-order valence-corrected chi connectivity index (χ2v) is 5.03. The van der Waals surface area contributed by atoms with Crippen molar-refractivity contribution >= 4 is 17.3 Å². The van der Waals surface area contributed by atoms with Crippen molar-refractivity contribution in [3.63, 3.8) is 0 Å². The second-order valence-electron chi connectivity index (χ2n) is 5.03. The van der Waals surface area contributed by atoms with E-state index < -0.39 is 0 Å². The van der Waals surface area contributed by atoms with Crippen molar-refractivity contribution < 1.29 is 4.92 Å². The fraction of sp³-hybridized carbons (Fsp3) is 0.615. The SMILES string of the molecule is CCC1CCCN(c2nc(N)ccc2[N+](=O)[O-])CC1. The van der Waals surface area contributed by atoms with E-state index in [1.165, 1.54) is 25.0 Å². The number of pyridine rings is 1. The summed E-state index contributed by atoms with van der Waals surface area (Å²) in [5, 5.41) is 11.1. The maximum atomic E-state index is 11.1. The molecular formula is C13H20N4O2. The van der Waals surface area contributed by atoms with E-state index in [4.69, 9.17) is 5.73 Å². The highest BCUT2D eigenvalue weighted by Crippen LogP contribution is 2.30. The van der Waals surface area contributed by atoms with Crippen molar-refractivity contribution in [2.75, 3.05) is 23.7 Å². The first-order valence-electron chi connectivity index (χ1n) is 6.77. The maximum Gasteiger partial charge on any atom is 0.311 e. The van der Waals surface area contributed by atoms with Gasteiger partial charge in [-0.3, -0.25) is 10.1 Å². The van der Waals surface area contributed by atoms with Gasteiger partial charge in [0.2, 0.25) is 5.82 Å². The van der Waals surface area contributed by atoms with Gasteiger partial charge >= 0.3 is 5.69 Å². The third-order valence-electron chi connectivity index (χ3n) is 3.80. The first-order valence-corrected chi connectivity index (χ1v) is 6.77. The summed E-state index contributed by atoms with van der Waals surface area (Å²) in [6, 6.07) is 2.92. The third kappa shape index (κ3) is 3.13. The van der Waals surface area contributed by atoms with Crippen LogP contribution >= 0.6 is 0 Å². The van der Waals surface area contributed by atoms with Crippen LogP contribution in [0.1, 0.15) is 32.6 Å². The number of nitro groups is 1. The first-order chi connectivity index (χ1) is 9.11. The number of anilines is 2. The van der Waals surface area contributed by atoms with Crippen molar-refractivity contribution in [3.05, 3.63) is 22.2 Å². The summed E-state index contributed by atoms with van der Waals surface area (Å²) in [6.07, 6.45) is 4.46. The Morgan fingerprint density at radius 2 is 2.26 bits per heavy atom. The van der Waals surface area contributed by atoms with Crippen LogP contribution < -0.4 is 10.6 Å². The van der Waals surface area contributed by atoms with Gasteiger partial charge in [-0.2, -0.15) is 0 Å². The zero-order chi connectivity index (χ0) is 13.8. The van der Waals surface area contributed by atoms with Gasteiger partial charge in [-0.25, -0.2) is 4.98 Å². The van der Waals surface area contributed by atoms with Crippen molar-refractivity contribution in [1.29, 1.82) is 0 Å². The summed E-state index contributed by atoms with van der Waals surface area (Å²) in [4.78, 5) is 16.9. The Morgan fingerprint density at radius 3 is 2.95 bits per heavy atom. The molecule has 2 N–H and O–H groups in total. The van der Waals surface area contributed by atoms with Crippen LogP contribution in [-0.2, 0) is 0 Å². The molecule has 1 unspecified atom stereocenters. The summed E-state index contributed by atoms with van der Waals surface area (Å²) in [7, 11) is 0. The molecule has 1 aliphatic heterocycles. The average Bonchev–Trinajstić information content (AvgIpc) is 2.63. The highest BCUT2D eigenvalue weighted by atomic mass is 16.6. The standard InChI is InChI=1S/C13H20N4O2/c1-2-10-4-3-8-16(9-7-10)13-11(17(18)19)5-6-12(14)15-13/h5-6,10H,2-4,7-9H2,1H3,(H2,14,15). The van der Waals surface area contributed by atoms with Gasteiger partial charge in [-0.1, -0.05) is 13.3 Å². The number of nitrogens with zero attached hydrogens (tertiary/aromatic N) is 3. The smallest absolute Gasteiger partial charge is 0.311 e. The van der Waals surface area contributed by atoms with Crippen LogP contribution in [0.4, 0.5) is 17.3 Å². The molecule has 1 aromatic heterocycles. The molecule has 1 saturated heterocycles. The van der Waals surface area contributed by atoms with E-state index in [1.807, 2.05) is 4.90 Å². The lowest BCUT2D eigenvalue weighted by Crippen LogP contribution is -2.26. The molecule has 0 spiro atoms. The molecular weight excluding hydrogens is 244 g/mol. The van der Waals surface area contributed by atoms with Crippen LogP contribution in [0.25, 0.3) is 0 Å². The molecule has 1 atom stereocenters. The van der Waals surface area contributed by atoms with Crippen LogP contribution in [0.3, 0.4) is 0 Å². The van der Waals surface area contributed by atoms with Gasteiger partial charge in [0.05, 0.1) is 4.92 Å². The van der Waals surface area contributed by atoms with Crippen molar-refractivity contribution in [2.24, 2.45) is 5.92 Å². The minimum atomic E-state index is -0.385. The van der Waals surface area contributed by atoms with Crippen LogP contribution in [-0.4, -0.2) is 23.0 Å². The van der Waals surface area contributed by atoms with Gasteiger partial charge in [-0.05, 0) is 31.2 Å². The van der Waals surface area contributed by atoms with Gasteiger partial charge in [0, 0.05) is 19.2 Å². The van der Waals surface area contributed by atoms with E-state index in [1.54, 1.807) is 0 Å². The predicted molar refractivity (Wildman–Crippen MR) is 75.1 cm³/mol. The van der Waals surface area contributed by atoms with E-state index in [-0.39, 0.29) is 10.6 Å². The summed E-state index contributed by atoms with van der Waals surface area (Å²) in [5.41, 5.74) is 5.71. The average molecular weight is 264 g/mol. The molecule has 0 aliphatic carbocycles. The Bertz CT molecular complexity index is 464. The van der Waals surface area contributed by atoms with E-state index in [9.17, 15) is 10.1 Å². The minimum absolute atomic E-state index is 0.0455. The Morgan fingerprint density at radius 1 is 1.47 bits per heavy atom. The zero-order valence-electron chi connectivity index (χ0n) is 11.2. The molecule has 2 rings (SSSR count). The molecule has 0 bridgehead atoms. The summed E-state index contributed by atoms with van der Waals surface area (Å²) in [5.74, 6) is 1.46. The number of aromatic nitrogens is 1. The van der Waals surface area contributed by atoms with E-state index >= 15 is 0 Å². The molecule has 6 nitrogen and oxygen atoms in total. The fourth-order valence-electron chi connectivity index (χ4n) is 2.62. The molecule has 0 radical (unpaired) electrons. The normalized spacial score (nSPS) is 20.1. The van der Waals surface area contributed by atoms with E-state index in [0.717, 1.165) is 25.9 Å². The largest absolute Gasteiger partial charge is 0.384 e. The van der Waals surface area contributed by atoms with Gasteiger partial charge in [0.25, 0.3) is 0 Å². The lowest BCUT2D eigenvalue weighted by atomic mass is 9.98. The Hall–Kier alpha value is -1.85. The molecule has 104 valence electrons. The van der Waals surface area contributed by atoms with Gasteiger partial charge < -0.3 is 10.6 Å². The summed E-state index contributed by atoms with van der Waals surface area (Å²) in [6.45, 7) is 3.82. The van der Waals surface area contributed by atoms with E-state index in [0.29, 0.717) is 17.6 Å². The molecule has 2 heterocycles. The minimum Gasteiger partial charge on any atom is -0.384 e. The van der Waals surface area contributed by atoms with Crippen molar-refractivity contribution in [3.8, 4) is 0 Å². The van der Waals surface area contributed by atoms with Gasteiger partial charge in [0.1, 0.15) is 5.82 Å². The Balaban J connectivity index is 2.25. The zero-order valence-corrected chi connectivity index (χ0v) is 11.2. The lowest BCUT2D eigenvalue weighted by molar-refractivity contribution is -0.384. The van der Waals surface area contributed by atoms with Gasteiger partial charge in [-0.15, -0.1) is 0 Å².